The van der Waals surface area contributed by atoms with Crippen LogP contribution in [-0.2, 0) is 9.53 Å². The third-order valence-electron chi connectivity index (χ3n) is 2.28. The van der Waals surface area contributed by atoms with E-state index in [-0.39, 0.29) is 5.97 Å². The van der Waals surface area contributed by atoms with Crippen molar-refractivity contribution in [1.29, 1.82) is 0 Å². The fourth-order valence-corrected chi connectivity index (χ4v) is 1.42. The third-order valence-corrected chi connectivity index (χ3v) is 2.61. The molecule has 5 heteroatoms. The molecule has 0 fully saturated rings. The second-order valence-electron chi connectivity index (χ2n) is 3.22. The largest absolute Gasteiger partial charge is 0.468 e. The molecule has 1 N–H and O–H groups in total. The van der Waals surface area contributed by atoms with Crippen LogP contribution in [-0.4, -0.2) is 56.1 Å². The van der Waals surface area contributed by atoms with Crippen LogP contribution in [0.4, 0.5) is 0 Å². The molecular formula is C10H21ClN2O2. The predicted octanol–water partition coefficient (Wildman–Crippen LogP) is 0.698. The van der Waals surface area contributed by atoms with Crippen molar-refractivity contribution < 1.29 is 9.53 Å². The first-order chi connectivity index (χ1) is 7.15. The van der Waals surface area contributed by atoms with E-state index in [1.165, 1.54) is 7.11 Å². The molecule has 15 heavy (non-hydrogen) atoms. The zero-order chi connectivity index (χ0) is 11.7. The third kappa shape index (κ3) is 6.71. The first kappa shape index (κ1) is 14.7. The molecule has 0 saturated carbocycles. The number of hydrogen-bond acceptors (Lipinski definition) is 4. The van der Waals surface area contributed by atoms with Gasteiger partial charge in [-0.1, -0.05) is 13.8 Å². The van der Waals surface area contributed by atoms with Crippen molar-refractivity contribution in [2.75, 3.05) is 39.8 Å². The monoisotopic (exact) mass is 236 g/mol. The first-order valence-corrected chi connectivity index (χ1v) is 5.74. The van der Waals surface area contributed by atoms with E-state index in [0.29, 0.717) is 6.54 Å². The molecule has 0 aromatic carbocycles. The van der Waals surface area contributed by atoms with E-state index in [0.717, 1.165) is 26.2 Å². The highest BCUT2D eigenvalue weighted by Crippen LogP contribution is 1.96. The number of nitrogens with one attached hydrogen (secondary N) is 1. The Kier molecular flexibility index (Phi) is 8.76. The number of alkyl halides is 1. The van der Waals surface area contributed by atoms with E-state index in [2.05, 4.69) is 28.8 Å². The Morgan fingerprint density at radius 3 is 2.53 bits per heavy atom. The molecule has 0 amide bonds. The molecule has 0 aliphatic heterocycles. The van der Waals surface area contributed by atoms with Crippen LogP contribution >= 0.6 is 11.6 Å². The van der Waals surface area contributed by atoms with Gasteiger partial charge in [0.15, 0.2) is 0 Å². The normalized spacial score (nSPS) is 12.9. The highest BCUT2D eigenvalue weighted by molar-refractivity contribution is 6.30. The van der Waals surface area contributed by atoms with Gasteiger partial charge in [0.05, 0.1) is 7.11 Å². The molecule has 1 atom stereocenters. The fraction of sp³-hybridized carbons (Fsp3) is 0.900. The number of rotatable bonds is 8. The Bertz CT molecular complexity index is 175. The zero-order valence-electron chi connectivity index (χ0n) is 9.75. The number of methoxy groups -OCH3 is 1. The summed E-state index contributed by atoms with van der Waals surface area (Å²) >= 11 is 5.76. The second kappa shape index (κ2) is 8.95. The number of esters is 1. The number of nitrogens with zero attached hydrogens (tertiary/aromatic N) is 1. The van der Waals surface area contributed by atoms with Gasteiger partial charge in [0, 0.05) is 19.6 Å². The van der Waals surface area contributed by atoms with Crippen LogP contribution in [0.3, 0.4) is 0 Å². The second-order valence-corrected chi connectivity index (χ2v) is 3.75. The Labute approximate surface area is 96.9 Å². The molecule has 0 aliphatic carbocycles. The summed E-state index contributed by atoms with van der Waals surface area (Å²) in [6.07, 6.45) is 0. The van der Waals surface area contributed by atoms with Crippen LogP contribution in [0.25, 0.3) is 0 Å². The molecule has 0 aromatic heterocycles. The van der Waals surface area contributed by atoms with Crippen molar-refractivity contribution in [1.82, 2.24) is 10.2 Å². The maximum atomic E-state index is 10.9. The lowest BCUT2D eigenvalue weighted by Gasteiger charge is -2.18. The molecule has 0 spiro atoms. The van der Waals surface area contributed by atoms with Gasteiger partial charge in [-0.15, -0.1) is 11.6 Å². The predicted molar refractivity (Wildman–Crippen MR) is 62.3 cm³/mol. The number of carbonyl (C=O) groups is 1. The maximum absolute atomic E-state index is 10.9. The van der Waals surface area contributed by atoms with Gasteiger partial charge in [-0.3, -0.25) is 4.79 Å². The summed E-state index contributed by atoms with van der Waals surface area (Å²) in [6, 6.07) is 0. The van der Waals surface area contributed by atoms with Gasteiger partial charge < -0.3 is 15.0 Å². The van der Waals surface area contributed by atoms with Crippen molar-refractivity contribution in [3.63, 3.8) is 0 Å². The summed E-state index contributed by atoms with van der Waals surface area (Å²) in [6.45, 7) is 8.60. The minimum Gasteiger partial charge on any atom is -0.468 e. The molecule has 0 aliphatic rings. The van der Waals surface area contributed by atoms with Crippen LogP contribution in [0.15, 0.2) is 0 Å². The number of hydrogen-bond donors (Lipinski definition) is 1. The summed E-state index contributed by atoms with van der Waals surface area (Å²) in [7, 11) is 1.34. The van der Waals surface area contributed by atoms with Crippen LogP contribution in [0.2, 0.25) is 0 Å². The average molecular weight is 237 g/mol. The lowest BCUT2D eigenvalue weighted by atomic mass is 10.4. The molecule has 0 heterocycles. The Balaban J connectivity index is 3.49. The molecular weight excluding hydrogens is 216 g/mol. The van der Waals surface area contributed by atoms with Crippen molar-refractivity contribution in [3.8, 4) is 0 Å². The fourth-order valence-electron chi connectivity index (χ4n) is 1.22. The minimum absolute atomic E-state index is 0.382. The van der Waals surface area contributed by atoms with E-state index in [4.69, 9.17) is 11.6 Å². The standard InChI is InChI=1S/C10H21ClN2O2/c1-4-13(5-2)7-6-12-8-9(11)10(14)15-3/h9,12H,4-8H2,1-3H3. The lowest BCUT2D eigenvalue weighted by Crippen LogP contribution is -2.36. The summed E-state index contributed by atoms with van der Waals surface area (Å²) in [5.74, 6) is -0.382. The number of carbonyl (C=O) groups excluding carboxylic acids is 1. The lowest BCUT2D eigenvalue weighted by molar-refractivity contribution is -0.140. The van der Waals surface area contributed by atoms with Crippen molar-refractivity contribution in [2.24, 2.45) is 0 Å². The average Bonchev–Trinajstić information content (AvgIpc) is 2.27. The molecule has 0 saturated heterocycles. The van der Waals surface area contributed by atoms with E-state index in [1.54, 1.807) is 0 Å². The Hall–Kier alpha value is -0.320. The highest BCUT2D eigenvalue weighted by Gasteiger charge is 2.14. The molecule has 1 unspecified atom stereocenters. The van der Waals surface area contributed by atoms with Crippen molar-refractivity contribution >= 4 is 17.6 Å². The van der Waals surface area contributed by atoms with E-state index in [9.17, 15) is 4.79 Å². The highest BCUT2D eigenvalue weighted by atomic mass is 35.5. The van der Waals surface area contributed by atoms with Gasteiger partial charge in [-0.2, -0.15) is 0 Å². The van der Waals surface area contributed by atoms with Gasteiger partial charge in [0.1, 0.15) is 5.38 Å². The van der Waals surface area contributed by atoms with E-state index in [1.807, 2.05) is 0 Å². The minimum atomic E-state index is -0.591. The molecule has 0 rings (SSSR count). The first-order valence-electron chi connectivity index (χ1n) is 5.30. The molecule has 90 valence electrons. The molecule has 4 nitrogen and oxygen atoms in total. The number of ether oxygens (including phenoxy) is 1. The van der Waals surface area contributed by atoms with Crippen LogP contribution in [0, 0.1) is 0 Å². The van der Waals surface area contributed by atoms with E-state index >= 15 is 0 Å². The summed E-state index contributed by atoms with van der Waals surface area (Å²) < 4.78 is 4.51. The smallest absolute Gasteiger partial charge is 0.325 e. The number of likely N-dealkylation sites (N-methyl/N-ethyl adjacent to an activating group) is 1. The number of halogens is 1. The Morgan fingerprint density at radius 1 is 1.47 bits per heavy atom. The summed E-state index contributed by atoms with van der Waals surface area (Å²) in [4.78, 5) is 13.2. The summed E-state index contributed by atoms with van der Waals surface area (Å²) in [5.41, 5.74) is 0. The maximum Gasteiger partial charge on any atom is 0.325 e. The molecule has 0 aromatic rings. The van der Waals surface area contributed by atoms with Gasteiger partial charge >= 0.3 is 5.97 Å². The SMILES string of the molecule is CCN(CC)CCNCC(Cl)C(=O)OC. The summed E-state index contributed by atoms with van der Waals surface area (Å²) in [5, 5.41) is 2.53. The quantitative estimate of drug-likeness (QED) is 0.383. The van der Waals surface area contributed by atoms with Gasteiger partial charge in [-0.25, -0.2) is 0 Å². The van der Waals surface area contributed by atoms with E-state index < -0.39 is 5.38 Å². The van der Waals surface area contributed by atoms with Crippen LogP contribution in [0.5, 0.6) is 0 Å². The van der Waals surface area contributed by atoms with Crippen molar-refractivity contribution in [3.05, 3.63) is 0 Å². The van der Waals surface area contributed by atoms with Gasteiger partial charge in [0.2, 0.25) is 0 Å². The molecule has 0 radical (unpaired) electrons. The Morgan fingerprint density at radius 2 is 2.07 bits per heavy atom. The van der Waals surface area contributed by atoms with Gasteiger partial charge in [0.25, 0.3) is 0 Å². The zero-order valence-corrected chi connectivity index (χ0v) is 10.5. The molecule has 0 bridgehead atoms. The van der Waals surface area contributed by atoms with Crippen molar-refractivity contribution in [2.45, 2.75) is 19.2 Å². The van der Waals surface area contributed by atoms with Crippen LogP contribution in [0.1, 0.15) is 13.8 Å². The van der Waals surface area contributed by atoms with Crippen LogP contribution < -0.4 is 5.32 Å². The van der Waals surface area contributed by atoms with Gasteiger partial charge in [-0.05, 0) is 13.1 Å². The topological polar surface area (TPSA) is 41.6 Å².